The van der Waals surface area contributed by atoms with Crippen LogP contribution in [-0.4, -0.2) is 19.2 Å². The summed E-state index contributed by atoms with van der Waals surface area (Å²) in [5.74, 6) is 0.979. The highest BCUT2D eigenvalue weighted by Gasteiger charge is 2.28. The third kappa shape index (κ3) is 3.03. The predicted molar refractivity (Wildman–Crippen MR) is 69.8 cm³/mol. The van der Waals surface area contributed by atoms with Crippen LogP contribution >= 0.6 is 0 Å². The summed E-state index contributed by atoms with van der Waals surface area (Å²) in [6, 6.07) is 8.07. The molecule has 0 N–H and O–H groups in total. The quantitative estimate of drug-likeness (QED) is 0.770. The lowest BCUT2D eigenvalue weighted by Crippen LogP contribution is -2.27. The monoisotopic (exact) mass is 248 g/mol. The Bertz CT molecular complexity index is 414. The number of carbonyl (C=O) groups is 1. The summed E-state index contributed by atoms with van der Waals surface area (Å²) in [6.45, 7) is 1.48. The second kappa shape index (κ2) is 5.89. The van der Waals surface area contributed by atoms with E-state index in [-0.39, 0.29) is 12.1 Å². The smallest absolute Gasteiger partial charge is 0.302 e. The molecule has 0 spiro atoms. The van der Waals surface area contributed by atoms with Gasteiger partial charge >= 0.3 is 5.97 Å². The molecule has 0 amide bonds. The number of rotatable bonds is 3. The van der Waals surface area contributed by atoms with Gasteiger partial charge in [0.15, 0.2) is 0 Å². The summed E-state index contributed by atoms with van der Waals surface area (Å²) < 4.78 is 10.7. The van der Waals surface area contributed by atoms with E-state index in [1.165, 1.54) is 18.9 Å². The van der Waals surface area contributed by atoms with Gasteiger partial charge in [0.1, 0.15) is 11.9 Å². The van der Waals surface area contributed by atoms with Crippen molar-refractivity contribution in [2.24, 2.45) is 0 Å². The van der Waals surface area contributed by atoms with Crippen molar-refractivity contribution in [1.29, 1.82) is 0 Å². The minimum atomic E-state index is -0.185. The Morgan fingerprint density at radius 1 is 1.28 bits per heavy atom. The second-order valence-electron chi connectivity index (χ2n) is 4.82. The molecule has 0 unspecified atom stereocenters. The van der Waals surface area contributed by atoms with E-state index in [2.05, 4.69) is 6.07 Å². The first-order valence-electron chi connectivity index (χ1n) is 6.52. The average molecular weight is 248 g/mol. The number of esters is 1. The van der Waals surface area contributed by atoms with Crippen molar-refractivity contribution < 1.29 is 14.3 Å². The lowest BCUT2D eigenvalue weighted by molar-refractivity contribution is -0.148. The van der Waals surface area contributed by atoms with E-state index in [0.29, 0.717) is 5.92 Å². The van der Waals surface area contributed by atoms with E-state index >= 15 is 0 Å². The van der Waals surface area contributed by atoms with Gasteiger partial charge in [-0.3, -0.25) is 4.79 Å². The van der Waals surface area contributed by atoms with Gasteiger partial charge in [-0.15, -0.1) is 0 Å². The van der Waals surface area contributed by atoms with Gasteiger partial charge in [-0.2, -0.15) is 0 Å². The third-order valence-electron chi connectivity index (χ3n) is 3.54. The molecule has 2 atom stereocenters. The van der Waals surface area contributed by atoms with Crippen LogP contribution in [0.5, 0.6) is 5.75 Å². The number of benzene rings is 1. The Balaban J connectivity index is 2.19. The van der Waals surface area contributed by atoms with E-state index in [0.717, 1.165) is 25.0 Å². The molecular formula is C15H20O3. The first-order chi connectivity index (χ1) is 8.70. The predicted octanol–water partition coefficient (Wildman–Crippen LogP) is 3.28. The standard InChI is InChI=1S/C15H20O3/c1-11(16)18-15-9-4-3-8-14(15)12-6-5-7-13(10-12)17-2/h5-7,10,14-15H,3-4,8-9H2,1-2H3/t14-,15+/m0/s1. The fraction of sp³-hybridized carbons (Fsp3) is 0.533. The molecule has 0 aromatic heterocycles. The summed E-state index contributed by atoms with van der Waals surface area (Å²) in [5, 5.41) is 0. The maximum atomic E-state index is 11.2. The molecule has 98 valence electrons. The highest BCUT2D eigenvalue weighted by Crippen LogP contribution is 2.36. The Kier molecular flexibility index (Phi) is 4.24. The van der Waals surface area contributed by atoms with E-state index in [4.69, 9.17) is 9.47 Å². The molecule has 2 rings (SSSR count). The third-order valence-corrected chi connectivity index (χ3v) is 3.54. The Morgan fingerprint density at radius 3 is 2.78 bits per heavy atom. The fourth-order valence-corrected chi connectivity index (χ4v) is 2.70. The van der Waals surface area contributed by atoms with Gasteiger partial charge < -0.3 is 9.47 Å². The fourth-order valence-electron chi connectivity index (χ4n) is 2.70. The van der Waals surface area contributed by atoms with E-state index in [1.54, 1.807) is 7.11 Å². The molecule has 1 saturated carbocycles. The van der Waals surface area contributed by atoms with E-state index in [1.807, 2.05) is 18.2 Å². The number of ether oxygens (including phenoxy) is 2. The van der Waals surface area contributed by atoms with Crippen LogP contribution in [0.1, 0.15) is 44.1 Å². The van der Waals surface area contributed by atoms with Crippen LogP contribution < -0.4 is 4.74 Å². The first-order valence-corrected chi connectivity index (χ1v) is 6.52. The highest BCUT2D eigenvalue weighted by molar-refractivity contribution is 5.66. The second-order valence-corrected chi connectivity index (χ2v) is 4.82. The van der Waals surface area contributed by atoms with Gasteiger partial charge in [-0.05, 0) is 37.0 Å². The zero-order chi connectivity index (χ0) is 13.0. The lowest BCUT2D eigenvalue weighted by Gasteiger charge is -2.31. The Labute approximate surface area is 108 Å². The number of hydrogen-bond acceptors (Lipinski definition) is 3. The number of hydrogen-bond donors (Lipinski definition) is 0. The molecule has 1 aromatic carbocycles. The molecule has 3 heteroatoms. The summed E-state index contributed by atoms with van der Waals surface area (Å²) in [6.07, 6.45) is 4.38. The normalized spacial score (nSPS) is 23.4. The zero-order valence-corrected chi connectivity index (χ0v) is 11.0. The topological polar surface area (TPSA) is 35.5 Å². The summed E-state index contributed by atoms with van der Waals surface area (Å²) in [5.41, 5.74) is 1.21. The van der Waals surface area contributed by atoms with Crippen LogP contribution in [0.25, 0.3) is 0 Å². The molecule has 0 bridgehead atoms. The van der Waals surface area contributed by atoms with Gasteiger partial charge in [0.2, 0.25) is 0 Å². The van der Waals surface area contributed by atoms with Crippen LogP contribution in [0.2, 0.25) is 0 Å². The maximum Gasteiger partial charge on any atom is 0.302 e. The molecule has 1 aromatic rings. The molecule has 18 heavy (non-hydrogen) atoms. The molecule has 3 nitrogen and oxygen atoms in total. The molecule has 0 heterocycles. The zero-order valence-electron chi connectivity index (χ0n) is 11.0. The van der Waals surface area contributed by atoms with Crippen LogP contribution in [0.3, 0.4) is 0 Å². The molecule has 0 aliphatic heterocycles. The van der Waals surface area contributed by atoms with Crippen molar-refractivity contribution in [2.45, 2.75) is 44.6 Å². The van der Waals surface area contributed by atoms with Crippen molar-refractivity contribution in [3.05, 3.63) is 29.8 Å². The molecule has 1 aliphatic carbocycles. The van der Waals surface area contributed by atoms with Gasteiger partial charge in [0, 0.05) is 12.8 Å². The van der Waals surface area contributed by atoms with Crippen molar-refractivity contribution in [3.63, 3.8) is 0 Å². The van der Waals surface area contributed by atoms with Crippen molar-refractivity contribution in [3.8, 4) is 5.75 Å². The van der Waals surface area contributed by atoms with Gasteiger partial charge in [-0.1, -0.05) is 18.6 Å². The molecule has 0 saturated heterocycles. The van der Waals surface area contributed by atoms with Crippen molar-refractivity contribution in [2.75, 3.05) is 7.11 Å². The van der Waals surface area contributed by atoms with Crippen LogP contribution in [0.4, 0.5) is 0 Å². The molecule has 0 radical (unpaired) electrons. The Hall–Kier alpha value is -1.51. The van der Waals surface area contributed by atoms with Crippen LogP contribution in [-0.2, 0) is 9.53 Å². The Morgan fingerprint density at radius 2 is 2.06 bits per heavy atom. The van der Waals surface area contributed by atoms with Gasteiger partial charge in [-0.25, -0.2) is 0 Å². The molecule has 1 aliphatic rings. The molecule has 1 fully saturated rings. The minimum Gasteiger partial charge on any atom is -0.497 e. The summed E-state index contributed by atoms with van der Waals surface area (Å²) in [4.78, 5) is 11.2. The summed E-state index contributed by atoms with van der Waals surface area (Å²) in [7, 11) is 1.67. The first kappa shape index (κ1) is 12.9. The minimum absolute atomic E-state index is 0.0170. The maximum absolute atomic E-state index is 11.2. The van der Waals surface area contributed by atoms with Gasteiger partial charge in [0.05, 0.1) is 7.11 Å². The van der Waals surface area contributed by atoms with E-state index < -0.39 is 0 Å². The van der Waals surface area contributed by atoms with Crippen molar-refractivity contribution >= 4 is 5.97 Å². The van der Waals surface area contributed by atoms with Crippen molar-refractivity contribution in [1.82, 2.24) is 0 Å². The lowest BCUT2D eigenvalue weighted by atomic mass is 9.81. The van der Waals surface area contributed by atoms with Gasteiger partial charge in [0.25, 0.3) is 0 Å². The molecular weight excluding hydrogens is 228 g/mol. The highest BCUT2D eigenvalue weighted by atomic mass is 16.5. The summed E-state index contributed by atoms with van der Waals surface area (Å²) >= 11 is 0. The SMILES string of the molecule is COc1cccc([C@@H]2CCCC[C@H]2OC(C)=O)c1. The average Bonchev–Trinajstić information content (AvgIpc) is 2.39. The largest absolute Gasteiger partial charge is 0.497 e. The van der Waals surface area contributed by atoms with E-state index in [9.17, 15) is 4.79 Å². The number of methoxy groups -OCH3 is 1. The van der Waals surface area contributed by atoms with Crippen LogP contribution in [0, 0.1) is 0 Å². The number of carbonyl (C=O) groups excluding carboxylic acids is 1. The van der Waals surface area contributed by atoms with Crippen LogP contribution in [0.15, 0.2) is 24.3 Å².